The number of hydrogen-bond acceptors (Lipinski definition) is 2. The summed E-state index contributed by atoms with van der Waals surface area (Å²) in [7, 11) is 0. The van der Waals surface area contributed by atoms with Gasteiger partial charge in [0.2, 0.25) is 11.8 Å². The van der Waals surface area contributed by atoms with Crippen molar-refractivity contribution in [3.05, 3.63) is 83.4 Å². The summed E-state index contributed by atoms with van der Waals surface area (Å²) in [5.41, 5.74) is 0.494. The van der Waals surface area contributed by atoms with Crippen molar-refractivity contribution >= 4 is 22.6 Å². The highest BCUT2D eigenvalue weighted by atomic mass is 19.4. The van der Waals surface area contributed by atoms with Crippen molar-refractivity contribution in [1.29, 1.82) is 0 Å². The molecule has 0 bridgehead atoms. The van der Waals surface area contributed by atoms with E-state index in [0.717, 1.165) is 28.5 Å². The number of halogens is 3. The zero-order chi connectivity index (χ0) is 23.5. The van der Waals surface area contributed by atoms with E-state index in [-0.39, 0.29) is 24.8 Å². The number of benzene rings is 3. The molecule has 1 aliphatic rings. The van der Waals surface area contributed by atoms with Crippen LogP contribution in [0.25, 0.3) is 10.8 Å². The van der Waals surface area contributed by atoms with Crippen molar-refractivity contribution in [1.82, 2.24) is 10.6 Å². The molecule has 1 atom stereocenters. The minimum atomic E-state index is -4.38. The Balaban J connectivity index is 1.36. The number of fused-ring (bicyclic) bond motifs is 1. The van der Waals surface area contributed by atoms with Gasteiger partial charge >= 0.3 is 6.18 Å². The normalized spacial score (nSPS) is 18.3. The average Bonchev–Trinajstić information content (AvgIpc) is 3.16. The first kappa shape index (κ1) is 22.8. The van der Waals surface area contributed by atoms with Crippen molar-refractivity contribution in [2.45, 2.75) is 50.4 Å². The van der Waals surface area contributed by atoms with E-state index in [1.807, 2.05) is 24.3 Å². The first-order chi connectivity index (χ1) is 15.7. The lowest BCUT2D eigenvalue weighted by Crippen LogP contribution is -2.44. The summed E-state index contributed by atoms with van der Waals surface area (Å²) in [6.07, 6.45) is -1.95. The lowest BCUT2D eigenvalue weighted by Gasteiger charge is -2.29. The van der Waals surface area contributed by atoms with Crippen molar-refractivity contribution in [3.63, 3.8) is 0 Å². The molecule has 0 spiro atoms. The van der Waals surface area contributed by atoms with Crippen LogP contribution in [0.2, 0.25) is 0 Å². The lowest BCUT2D eigenvalue weighted by atomic mass is 9.84. The third-order valence-electron chi connectivity index (χ3n) is 6.19. The molecular weight excluding hydrogens is 429 g/mol. The molecule has 0 unspecified atom stereocenters. The predicted octanol–water partition coefficient (Wildman–Crippen LogP) is 5.15. The number of carbonyl (C=O) groups is 2. The van der Waals surface area contributed by atoms with E-state index in [9.17, 15) is 22.8 Å². The summed E-state index contributed by atoms with van der Waals surface area (Å²) in [4.78, 5) is 24.5. The van der Waals surface area contributed by atoms with Crippen LogP contribution < -0.4 is 10.6 Å². The summed E-state index contributed by atoms with van der Waals surface area (Å²) in [5, 5.41) is 8.13. The molecule has 2 amide bonds. The highest BCUT2D eigenvalue weighted by Crippen LogP contribution is 2.31. The van der Waals surface area contributed by atoms with Crippen LogP contribution in [0.3, 0.4) is 0 Å². The van der Waals surface area contributed by atoms with Gasteiger partial charge < -0.3 is 10.6 Å². The molecule has 0 aliphatic carbocycles. The van der Waals surface area contributed by atoms with Crippen LogP contribution in [-0.2, 0) is 28.7 Å². The van der Waals surface area contributed by atoms with Gasteiger partial charge in [0.05, 0.1) is 5.56 Å². The molecule has 0 saturated carbocycles. The number of alkyl halides is 3. The van der Waals surface area contributed by atoms with Crippen LogP contribution in [0.15, 0.2) is 66.7 Å². The number of carbonyl (C=O) groups excluding carboxylic acids is 2. The van der Waals surface area contributed by atoms with E-state index in [2.05, 4.69) is 28.8 Å². The second-order valence-electron chi connectivity index (χ2n) is 8.66. The highest BCUT2D eigenvalue weighted by molar-refractivity contribution is 5.83. The summed E-state index contributed by atoms with van der Waals surface area (Å²) in [6.45, 7) is 0.154. The first-order valence-corrected chi connectivity index (χ1v) is 10.9. The Hall–Kier alpha value is -3.35. The van der Waals surface area contributed by atoms with Gasteiger partial charge in [-0.3, -0.25) is 9.59 Å². The topological polar surface area (TPSA) is 58.2 Å². The molecule has 1 heterocycles. The van der Waals surface area contributed by atoms with Crippen molar-refractivity contribution < 1.29 is 22.8 Å². The summed E-state index contributed by atoms with van der Waals surface area (Å²) in [5.74, 6) is -0.213. The van der Waals surface area contributed by atoms with Gasteiger partial charge in [0.25, 0.3) is 0 Å². The Kier molecular flexibility index (Phi) is 6.40. The third kappa shape index (κ3) is 5.72. The van der Waals surface area contributed by atoms with Crippen molar-refractivity contribution in [2.24, 2.45) is 0 Å². The highest BCUT2D eigenvalue weighted by Gasteiger charge is 2.38. The fourth-order valence-electron chi connectivity index (χ4n) is 4.37. The number of rotatable bonds is 7. The van der Waals surface area contributed by atoms with Gasteiger partial charge in [-0.2, -0.15) is 13.2 Å². The molecule has 2 N–H and O–H groups in total. The van der Waals surface area contributed by atoms with Gasteiger partial charge in [0.1, 0.15) is 0 Å². The molecule has 33 heavy (non-hydrogen) atoms. The number of hydrogen-bond donors (Lipinski definition) is 2. The van der Waals surface area contributed by atoms with E-state index >= 15 is 0 Å². The molecule has 172 valence electrons. The number of nitrogens with one attached hydrogen (secondary N) is 2. The van der Waals surface area contributed by atoms with Gasteiger partial charge in [-0.05, 0) is 53.3 Å². The van der Waals surface area contributed by atoms with E-state index < -0.39 is 17.3 Å². The van der Waals surface area contributed by atoms with Crippen LogP contribution in [0.1, 0.15) is 42.4 Å². The molecule has 3 aromatic carbocycles. The fraction of sp³-hybridized carbons (Fsp3) is 0.308. The van der Waals surface area contributed by atoms with Crippen LogP contribution in [0.4, 0.5) is 13.2 Å². The zero-order valence-corrected chi connectivity index (χ0v) is 18.0. The smallest absolute Gasteiger partial charge is 0.352 e. The Morgan fingerprint density at radius 2 is 1.67 bits per heavy atom. The second-order valence-corrected chi connectivity index (χ2v) is 8.66. The largest absolute Gasteiger partial charge is 0.416 e. The molecular formula is C26H25F3N2O2. The van der Waals surface area contributed by atoms with Gasteiger partial charge in [-0.15, -0.1) is 0 Å². The minimum Gasteiger partial charge on any atom is -0.352 e. The summed E-state index contributed by atoms with van der Waals surface area (Å²) in [6, 6.07) is 19.0. The molecule has 7 heteroatoms. The maximum Gasteiger partial charge on any atom is 0.416 e. The van der Waals surface area contributed by atoms with Crippen LogP contribution >= 0.6 is 0 Å². The minimum absolute atomic E-state index is 0.0130. The Morgan fingerprint density at radius 3 is 2.33 bits per heavy atom. The van der Waals surface area contributed by atoms with Gasteiger partial charge in [0, 0.05) is 24.9 Å². The van der Waals surface area contributed by atoms with E-state index in [1.165, 1.54) is 12.1 Å². The molecule has 1 aliphatic heterocycles. The standard InChI is InChI=1S/C26H25F3N2O2/c27-26(28,29)22-9-6-18(7-10-22)17-30-23(32)11-13-25(14-12-24(33)31-25)16-19-5-8-20-3-1-2-4-21(20)15-19/h1-10,15H,11-14,16-17H2,(H,30,32)(H,31,33)/t25-/m1/s1. The van der Waals surface area contributed by atoms with Gasteiger partial charge in [0.15, 0.2) is 0 Å². The van der Waals surface area contributed by atoms with Crippen LogP contribution in [-0.4, -0.2) is 17.4 Å². The maximum absolute atomic E-state index is 12.7. The molecule has 0 radical (unpaired) electrons. The maximum atomic E-state index is 12.7. The van der Waals surface area contributed by atoms with Crippen LogP contribution in [0, 0.1) is 0 Å². The van der Waals surface area contributed by atoms with E-state index in [0.29, 0.717) is 31.2 Å². The zero-order valence-electron chi connectivity index (χ0n) is 18.0. The Labute approximate surface area is 190 Å². The Morgan fingerprint density at radius 1 is 0.970 bits per heavy atom. The molecule has 0 aromatic heterocycles. The van der Waals surface area contributed by atoms with Crippen molar-refractivity contribution in [3.8, 4) is 0 Å². The predicted molar refractivity (Wildman–Crippen MR) is 120 cm³/mol. The summed E-state index contributed by atoms with van der Waals surface area (Å²) < 4.78 is 38.0. The average molecular weight is 454 g/mol. The first-order valence-electron chi connectivity index (χ1n) is 10.9. The van der Waals surface area contributed by atoms with Crippen molar-refractivity contribution in [2.75, 3.05) is 0 Å². The number of amides is 2. The summed E-state index contributed by atoms with van der Waals surface area (Å²) >= 11 is 0. The van der Waals surface area contributed by atoms with E-state index in [1.54, 1.807) is 0 Å². The van der Waals surface area contributed by atoms with Gasteiger partial charge in [-0.1, -0.05) is 54.6 Å². The quantitative estimate of drug-likeness (QED) is 0.519. The lowest BCUT2D eigenvalue weighted by molar-refractivity contribution is -0.137. The fourth-order valence-corrected chi connectivity index (χ4v) is 4.37. The van der Waals surface area contributed by atoms with Crippen LogP contribution in [0.5, 0.6) is 0 Å². The third-order valence-corrected chi connectivity index (χ3v) is 6.19. The molecule has 1 fully saturated rings. The monoisotopic (exact) mass is 454 g/mol. The van der Waals surface area contributed by atoms with Gasteiger partial charge in [-0.25, -0.2) is 0 Å². The molecule has 4 rings (SSSR count). The molecule has 4 nitrogen and oxygen atoms in total. The second kappa shape index (κ2) is 9.25. The SMILES string of the molecule is O=C(CC[C@]1(Cc2ccc3ccccc3c2)CCC(=O)N1)NCc1ccc(C(F)(F)F)cc1. The molecule has 1 saturated heterocycles. The van der Waals surface area contributed by atoms with E-state index in [4.69, 9.17) is 0 Å². The Bertz CT molecular complexity index is 1160. The molecule has 3 aromatic rings.